The minimum absolute atomic E-state index is 0.233. The Morgan fingerprint density at radius 2 is 2.04 bits per heavy atom. The van der Waals surface area contributed by atoms with E-state index in [1.54, 1.807) is 11.8 Å². The third kappa shape index (κ3) is 3.25. The number of carbonyl (C=O) groups is 2. The average molecular weight is 334 g/mol. The van der Waals surface area contributed by atoms with Crippen LogP contribution in [0, 0.1) is 12.3 Å². The number of nitrogens with zero attached hydrogens (tertiary/aromatic N) is 3. The summed E-state index contributed by atoms with van der Waals surface area (Å²) >= 11 is 0. The Hall–Kier alpha value is -2.05. The number of likely N-dealkylation sites (tertiary alicyclic amines) is 1. The molecule has 2 amide bonds. The zero-order valence-corrected chi connectivity index (χ0v) is 14.4. The lowest BCUT2D eigenvalue weighted by atomic mass is 9.90. The Kier molecular flexibility index (Phi) is 4.51. The molecule has 1 aromatic rings. The van der Waals surface area contributed by atoms with E-state index < -0.39 is 11.4 Å². The first-order valence-corrected chi connectivity index (χ1v) is 8.74. The monoisotopic (exact) mass is 334 g/mol. The summed E-state index contributed by atoms with van der Waals surface area (Å²) in [5.41, 5.74) is 0.0857. The highest BCUT2D eigenvalue weighted by Gasteiger charge is 2.42. The van der Waals surface area contributed by atoms with Gasteiger partial charge in [-0.15, -0.1) is 0 Å². The maximum atomic E-state index is 12.4. The number of amides is 2. The van der Waals surface area contributed by atoms with Crippen molar-refractivity contribution in [3.63, 3.8) is 0 Å². The number of carboxylic acids is 1. The molecule has 1 aromatic heterocycles. The largest absolute Gasteiger partial charge is 0.481 e. The van der Waals surface area contributed by atoms with Gasteiger partial charge >= 0.3 is 12.0 Å². The molecule has 132 valence electrons. The molecule has 0 aromatic carbocycles. The number of carboxylic acid groups (broad SMARTS) is 1. The molecule has 1 atom stereocenters. The third-order valence-electron chi connectivity index (χ3n) is 5.37. The van der Waals surface area contributed by atoms with Crippen molar-refractivity contribution in [3.8, 4) is 0 Å². The summed E-state index contributed by atoms with van der Waals surface area (Å²) < 4.78 is 1.98. The van der Waals surface area contributed by atoms with Crippen molar-refractivity contribution < 1.29 is 14.7 Å². The first kappa shape index (κ1) is 16.8. The second-order valence-electron chi connectivity index (χ2n) is 7.40. The molecule has 0 radical (unpaired) electrons. The lowest BCUT2D eigenvalue weighted by Gasteiger charge is -2.22. The van der Waals surface area contributed by atoms with Crippen LogP contribution < -0.4 is 5.32 Å². The van der Waals surface area contributed by atoms with Crippen molar-refractivity contribution in [1.82, 2.24) is 14.7 Å². The number of anilines is 1. The predicted molar refractivity (Wildman–Crippen MR) is 90.0 cm³/mol. The van der Waals surface area contributed by atoms with E-state index in [0.29, 0.717) is 24.8 Å². The Labute approximate surface area is 142 Å². The van der Waals surface area contributed by atoms with E-state index in [9.17, 15) is 14.7 Å². The number of aryl methyl sites for hydroxylation is 1. The maximum absolute atomic E-state index is 12.4. The van der Waals surface area contributed by atoms with Gasteiger partial charge < -0.3 is 10.0 Å². The van der Waals surface area contributed by atoms with E-state index in [1.165, 1.54) is 19.3 Å². The number of rotatable bonds is 3. The van der Waals surface area contributed by atoms with Crippen LogP contribution in [0.1, 0.15) is 57.1 Å². The van der Waals surface area contributed by atoms with Crippen LogP contribution in [0.3, 0.4) is 0 Å². The van der Waals surface area contributed by atoms with Gasteiger partial charge in [0, 0.05) is 24.8 Å². The van der Waals surface area contributed by atoms with Crippen LogP contribution in [0.4, 0.5) is 10.6 Å². The quantitative estimate of drug-likeness (QED) is 0.889. The van der Waals surface area contributed by atoms with Crippen molar-refractivity contribution in [1.29, 1.82) is 0 Å². The molecule has 2 aliphatic rings. The molecule has 24 heavy (non-hydrogen) atoms. The molecular formula is C17H26N4O3. The Balaban J connectivity index is 1.65. The molecule has 2 heterocycles. The van der Waals surface area contributed by atoms with Crippen molar-refractivity contribution in [2.45, 2.75) is 58.4 Å². The number of aromatic nitrogens is 2. The SMILES string of the molecule is Cc1cn(C2CCCCC2)nc1NC(=O)N1CCC(C)(C(=O)O)C1. The molecule has 3 rings (SSSR count). The smallest absolute Gasteiger partial charge is 0.323 e. The minimum Gasteiger partial charge on any atom is -0.481 e. The van der Waals surface area contributed by atoms with Crippen LogP contribution in [-0.4, -0.2) is 44.9 Å². The molecular weight excluding hydrogens is 308 g/mol. The summed E-state index contributed by atoms with van der Waals surface area (Å²) in [6, 6.07) is 0.155. The molecule has 1 aliphatic carbocycles. The first-order valence-electron chi connectivity index (χ1n) is 8.74. The number of aliphatic carboxylic acids is 1. The summed E-state index contributed by atoms with van der Waals surface area (Å²) in [5, 5.41) is 16.7. The van der Waals surface area contributed by atoms with Gasteiger partial charge in [0.15, 0.2) is 5.82 Å². The molecule has 2 N–H and O–H groups in total. The van der Waals surface area contributed by atoms with Crippen molar-refractivity contribution in [2.24, 2.45) is 5.41 Å². The van der Waals surface area contributed by atoms with Gasteiger partial charge in [0.1, 0.15) is 0 Å². The molecule has 7 heteroatoms. The number of urea groups is 1. The molecule has 1 aliphatic heterocycles. The van der Waals surface area contributed by atoms with Crippen LogP contribution >= 0.6 is 0 Å². The third-order valence-corrected chi connectivity index (χ3v) is 5.37. The number of carbonyl (C=O) groups excluding carboxylic acids is 1. The molecule has 1 saturated carbocycles. The van der Waals surface area contributed by atoms with Gasteiger partial charge in [-0.25, -0.2) is 4.79 Å². The standard InChI is InChI=1S/C17H26N4O3/c1-12-10-21(13-6-4-3-5-7-13)19-14(12)18-16(24)20-9-8-17(2,11-20)15(22)23/h10,13H,3-9,11H2,1-2H3,(H,22,23)(H,18,19,24). The molecule has 1 unspecified atom stereocenters. The van der Waals surface area contributed by atoms with Gasteiger partial charge in [0.2, 0.25) is 0 Å². The lowest BCUT2D eigenvalue weighted by molar-refractivity contribution is -0.146. The second kappa shape index (κ2) is 6.45. The fraction of sp³-hybridized carbons (Fsp3) is 0.706. The second-order valence-corrected chi connectivity index (χ2v) is 7.40. The zero-order valence-electron chi connectivity index (χ0n) is 14.4. The molecule has 2 fully saturated rings. The van der Waals surface area contributed by atoms with Gasteiger partial charge in [0.05, 0.1) is 11.5 Å². The summed E-state index contributed by atoms with van der Waals surface area (Å²) in [6.45, 7) is 4.31. The Morgan fingerprint density at radius 1 is 1.33 bits per heavy atom. The maximum Gasteiger partial charge on any atom is 0.323 e. The summed E-state index contributed by atoms with van der Waals surface area (Å²) in [6.07, 6.45) is 8.49. The van der Waals surface area contributed by atoms with Crippen molar-refractivity contribution in [3.05, 3.63) is 11.8 Å². The normalized spacial score (nSPS) is 25.0. The van der Waals surface area contributed by atoms with E-state index in [2.05, 4.69) is 10.4 Å². The highest BCUT2D eigenvalue weighted by atomic mass is 16.4. The first-order chi connectivity index (χ1) is 11.4. The number of hydrogen-bond acceptors (Lipinski definition) is 3. The Bertz CT molecular complexity index is 636. The van der Waals surface area contributed by atoms with Crippen LogP contribution in [-0.2, 0) is 4.79 Å². The zero-order chi connectivity index (χ0) is 17.3. The van der Waals surface area contributed by atoms with Crippen LogP contribution in [0.5, 0.6) is 0 Å². The van der Waals surface area contributed by atoms with Crippen LogP contribution in [0.15, 0.2) is 6.20 Å². The van der Waals surface area contributed by atoms with Gasteiger partial charge in [-0.1, -0.05) is 19.3 Å². The fourth-order valence-corrected chi connectivity index (χ4v) is 3.63. The van der Waals surface area contributed by atoms with E-state index in [-0.39, 0.29) is 12.6 Å². The summed E-state index contributed by atoms with van der Waals surface area (Å²) in [4.78, 5) is 25.3. The topological polar surface area (TPSA) is 87.5 Å². The van der Waals surface area contributed by atoms with E-state index in [1.807, 2.05) is 17.8 Å². The number of nitrogens with one attached hydrogen (secondary N) is 1. The van der Waals surface area contributed by atoms with E-state index in [4.69, 9.17) is 0 Å². The van der Waals surface area contributed by atoms with E-state index >= 15 is 0 Å². The van der Waals surface area contributed by atoms with Crippen LogP contribution in [0.2, 0.25) is 0 Å². The highest BCUT2D eigenvalue weighted by molar-refractivity contribution is 5.90. The number of hydrogen-bond donors (Lipinski definition) is 2. The average Bonchev–Trinajstić information content (AvgIpc) is 3.13. The molecule has 0 bridgehead atoms. The Morgan fingerprint density at radius 3 is 2.67 bits per heavy atom. The van der Waals surface area contributed by atoms with Crippen molar-refractivity contribution in [2.75, 3.05) is 18.4 Å². The lowest BCUT2D eigenvalue weighted by Crippen LogP contribution is -2.37. The van der Waals surface area contributed by atoms with E-state index in [0.717, 1.165) is 18.4 Å². The molecule has 1 saturated heterocycles. The summed E-state index contributed by atoms with van der Waals surface area (Å²) in [5.74, 6) is -0.273. The van der Waals surface area contributed by atoms with Gasteiger partial charge in [0.25, 0.3) is 0 Å². The minimum atomic E-state index is -0.853. The van der Waals surface area contributed by atoms with Gasteiger partial charge in [-0.05, 0) is 33.1 Å². The molecule has 0 spiro atoms. The van der Waals surface area contributed by atoms with Gasteiger partial charge in [-0.3, -0.25) is 14.8 Å². The molecule has 7 nitrogen and oxygen atoms in total. The van der Waals surface area contributed by atoms with Crippen LogP contribution in [0.25, 0.3) is 0 Å². The fourth-order valence-electron chi connectivity index (χ4n) is 3.63. The summed E-state index contributed by atoms with van der Waals surface area (Å²) in [7, 11) is 0. The van der Waals surface area contributed by atoms with Crippen molar-refractivity contribution >= 4 is 17.8 Å². The highest BCUT2D eigenvalue weighted by Crippen LogP contribution is 2.31. The van der Waals surface area contributed by atoms with Gasteiger partial charge in [-0.2, -0.15) is 5.10 Å². The predicted octanol–water partition coefficient (Wildman–Crippen LogP) is 3.03.